The van der Waals surface area contributed by atoms with Crippen LogP contribution in [0.1, 0.15) is 43.0 Å². The van der Waals surface area contributed by atoms with Crippen LogP contribution in [0, 0.1) is 0 Å². The van der Waals surface area contributed by atoms with Gasteiger partial charge in [0.2, 0.25) is 0 Å². The van der Waals surface area contributed by atoms with Crippen molar-refractivity contribution in [2.75, 3.05) is 0 Å². The summed E-state index contributed by atoms with van der Waals surface area (Å²) in [6, 6.07) is 17.4. The molecule has 30 heavy (non-hydrogen) atoms. The molecule has 0 fully saturated rings. The van der Waals surface area contributed by atoms with Crippen LogP contribution in [-0.2, 0) is 25.7 Å². The molecule has 0 atom stereocenters. The number of aromatic carboxylic acids is 2. The topological polar surface area (TPSA) is 115 Å². The van der Waals surface area contributed by atoms with Gasteiger partial charge in [-0.05, 0) is 72.2 Å². The number of hydrogen-bond donors (Lipinski definition) is 4. The van der Waals surface area contributed by atoms with Crippen molar-refractivity contribution in [1.82, 2.24) is 0 Å². The standard InChI is InChI=1S/C24H22O6/c25-21-13-17(9-11-19(21)23(27)28)7-5-15-1-2-16(4-3-15)6-8-18-10-12-20(24(29)30)22(26)14-18/h1-4,9-14,25-26H,5-8H2,(H,27,28)(H,29,30). The monoisotopic (exact) mass is 406 g/mol. The lowest BCUT2D eigenvalue weighted by Gasteiger charge is -2.07. The molecule has 0 aromatic heterocycles. The van der Waals surface area contributed by atoms with Crippen LogP contribution in [0.5, 0.6) is 11.5 Å². The van der Waals surface area contributed by atoms with Gasteiger partial charge in [0.25, 0.3) is 0 Å². The molecule has 0 unspecified atom stereocenters. The summed E-state index contributed by atoms with van der Waals surface area (Å²) in [6.45, 7) is 0. The number of carboxylic acids is 2. The quantitative estimate of drug-likeness (QED) is 0.448. The third-order valence-corrected chi connectivity index (χ3v) is 5.01. The average Bonchev–Trinajstić information content (AvgIpc) is 2.71. The SMILES string of the molecule is O=C(O)c1ccc(CCc2ccc(CCc3ccc(C(=O)O)c(O)c3)cc2)cc1O. The van der Waals surface area contributed by atoms with Gasteiger partial charge >= 0.3 is 11.9 Å². The smallest absolute Gasteiger partial charge is 0.339 e. The minimum Gasteiger partial charge on any atom is -0.507 e. The number of rotatable bonds is 8. The molecule has 0 bridgehead atoms. The zero-order chi connectivity index (χ0) is 21.7. The molecular weight excluding hydrogens is 384 g/mol. The Bertz CT molecular complexity index is 983. The van der Waals surface area contributed by atoms with Crippen molar-refractivity contribution in [3.63, 3.8) is 0 Å². The molecule has 0 aliphatic heterocycles. The Hall–Kier alpha value is -3.80. The highest BCUT2D eigenvalue weighted by atomic mass is 16.4. The summed E-state index contributed by atoms with van der Waals surface area (Å²) in [7, 11) is 0. The Labute approximate surface area is 173 Å². The Morgan fingerprint density at radius 1 is 0.533 bits per heavy atom. The Balaban J connectivity index is 1.55. The second-order valence-corrected chi connectivity index (χ2v) is 7.13. The largest absolute Gasteiger partial charge is 0.507 e. The summed E-state index contributed by atoms with van der Waals surface area (Å²) >= 11 is 0. The fraction of sp³-hybridized carbons (Fsp3) is 0.167. The Morgan fingerprint density at radius 3 is 1.13 bits per heavy atom. The normalized spacial score (nSPS) is 10.7. The average molecular weight is 406 g/mol. The van der Waals surface area contributed by atoms with Crippen molar-refractivity contribution < 1.29 is 30.0 Å². The molecule has 3 aromatic carbocycles. The Kier molecular flexibility index (Phi) is 6.37. The molecule has 154 valence electrons. The summed E-state index contributed by atoms with van der Waals surface area (Å²) in [5, 5.41) is 37.5. The van der Waals surface area contributed by atoms with Gasteiger partial charge in [-0.3, -0.25) is 0 Å². The predicted octanol–water partition coefficient (Wildman–Crippen LogP) is 4.06. The van der Waals surface area contributed by atoms with Crippen LogP contribution in [-0.4, -0.2) is 32.4 Å². The predicted molar refractivity (Wildman–Crippen MR) is 111 cm³/mol. The van der Waals surface area contributed by atoms with Crippen molar-refractivity contribution in [3.05, 3.63) is 94.0 Å². The van der Waals surface area contributed by atoms with Crippen molar-refractivity contribution >= 4 is 11.9 Å². The van der Waals surface area contributed by atoms with Crippen molar-refractivity contribution in [2.45, 2.75) is 25.7 Å². The third-order valence-electron chi connectivity index (χ3n) is 5.01. The highest BCUT2D eigenvalue weighted by Crippen LogP contribution is 2.21. The first-order valence-electron chi connectivity index (χ1n) is 9.51. The van der Waals surface area contributed by atoms with E-state index >= 15 is 0 Å². The van der Waals surface area contributed by atoms with Crippen LogP contribution >= 0.6 is 0 Å². The van der Waals surface area contributed by atoms with Gasteiger partial charge in [-0.2, -0.15) is 0 Å². The van der Waals surface area contributed by atoms with Crippen LogP contribution in [0.2, 0.25) is 0 Å². The minimum absolute atomic E-state index is 0.103. The molecule has 0 saturated heterocycles. The molecule has 3 aromatic rings. The van der Waals surface area contributed by atoms with Crippen LogP contribution in [0.15, 0.2) is 60.7 Å². The molecule has 3 rings (SSSR count). The maximum Gasteiger partial charge on any atom is 0.339 e. The molecule has 0 spiro atoms. The number of carbonyl (C=O) groups is 2. The maximum atomic E-state index is 11.0. The fourth-order valence-electron chi connectivity index (χ4n) is 3.28. The van der Waals surface area contributed by atoms with E-state index in [0.29, 0.717) is 12.8 Å². The van der Waals surface area contributed by atoms with E-state index in [1.807, 2.05) is 24.3 Å². The molecule has 0 amide bonds. The second-order valence-electron chi connectivity index (χ2n) is 7.13. The highest BCUT2D eigenvalue weighted by molar-refractivity contribution is 5.91. The Morgan fingerprint density at radius 2 is 0.833 bits per heavy atom. The van der Waals surface area contributed by atoms with E-state index in [-0.39, 0.29) is 22.6 Å². The number of phenols is 2. The first-order valence-corrected chi connectivity index (χ1v) is 9.51. The van der Waals surface area contributed by atoms with Gasteiger partial charge in [-0.1, -0.05) is 36.4 Å². The molecule has 0 radical (unpaired) electrons. The third kappa shape index (κ3) is 5.17. The lowest BCUT2D eigenvalue weighted by atomic mass is 9.99. The van der Waals surface area contributed by atoms with E-state index < -0.39 is 11.9 Å². The molecule has 0 saturated carbocycles. The van der Waals surface area contributed by atoms with E-state index in [0.717, 1.165) is 35.1 Å². The summed E-state index contributed by atoms with van der Waals surface area (Å²) in [4.78, 5) is 21.9. The second kappa shape index (κ2) is 9.13. The first kappa shape index (κ1) is 20.9. The summed E-state index contributed by atoms with van der Waals surface area (Å²) in [5.74, 6) is -2.75. The van der Waals surface area contributed by atoms with Gasteiger partial charge in [0.1, 0.15) is 22.6 Å². The summed E-state index contributed by atoms with van der Waals surface area (Å²) in [5.41, 5.74) is 3.79. The molecule has 4 N–H and O–H groups in total. The molecular formula is C24H22O6. The van der Waals surface area contributed by atoms with E-state index in [9.17, 15) is 19.8 Å². The van der Waals surface area contributed by atoms with Gasteiger partial charge in [0.15, 0.2) is 0 Å². The van der Waals surface area contributed by atoms with Gasteiger partial charge < -0.3 is 20.4 Å². The number of aryl methyl sites for hydroxylation is 4. The molecule has 0 aliphatic carbocycles. The number of carboxylic acid groups (broad SMARTS) is 2. The zero-order valence-corrected chi connectivity index (χ0v) is 16.2. The van der Waals surface area contributed by atoms with Crippen molar-refractivity contribution in [2.24, 2.45) is 0 Å². The number of aromatic hydroxyl groups is 2. The highest BCUT2D eigenvalue weighted by Gasteiger charge is 2.11. The van der Waals surface area contributed by atoms with E-state index in [4.69, 9.17) is 10.2 Å². The minimum atomic E-state index is -1.15. The first-order chi connectivity index (χ1) is 14.3. The maximum absolute atomic E-state index is 11.0. The van der Waals surface area contributed by atoms with Crippen LogP contribution in [0.3, 0.4) is 0 Å². The van der Waals surface area contributed by atoms with E-state index in [1.54, 1.807) is 12.1 Å². The van der Waals surface area contributed by atoms with Gasteiger partial charge in [-0.15, -0.1) is 0 Å². The zero-order valence-electron chi connectivity index (χ0n) is 16.2. The number of hydrogen-bond acceptors (Lipinski definition) is 4. The van der Waals surface area contributed by atoms with Crippen LogP contribution in [0.4, 0.5) is 0 Å². The lowest BCUT2D eigenvalue weighted by molar-refractivity contribution is 0.0682. The van der Waals surface area contributed by atoms with Gasteiger partial charge in [-0.25, -0.2) is 9.59 Å². The molecule has 6 heteroatoms. The molecule has 0 aliphatic rings. The van der Waals surface area contributed by atoms with Crippen molar-refractivity contribution in [3.8, 4) is 11.5 Å². The lowest BCUT2D eigenvalue weighted by Crippen LogP contribution is -1.99. The molecule has 6 nitrogen and oxygen atoms in total. The van der Waals surface area contributed by atoms with Gasteiger partial charge in [0.05, 0.1) is 0 Å². The summed E-state index contributed by atoms with van der Waals surface area (Å²) in [6.07, 6.45) is 2.89. The summed E-state index contributed by atoms with van der Waals surface area (Å²) < 4.78 is 0. The fourth-order valence-corrected chi connectivity index (χ4v) is 3.28. The van der Waals surface area contributed by atoms with E-state index in [1.165, 1.54) is 24.3 Å². The van der Waals surface area contributed by atoms with Crippen LogP contribution < -0.4 is 0 Å². The number of benzene rings is 3. The van der Waals surface area contributed by atoms with Gasteiger partial charge in [0, 0.05) is 0 Å². The van der Waals surface area contributed by atoms with Crippen molar-refractivity contribution in [1.29, 1.82) is 0 Å². The van der Waals surface area contributed by atoms with Crippen LogP contribution in [0.25, 0.3) is 0 Å². The van der Waals surface area contributed by atoms with E-state index in [2.05, 4.69) is 0 Å². The molecule has 0 heterocycles.